The molecular formula is C11H12BrF4NO2S. The van der Waals surface area contributed by atoms with Crippen molar-refractivity contribution < 1.29 is 26.0 Å². The van der Waals surface area contributed by atoms with Crippen LogP contribution in [0.2, 0.25) is 0 Å². The van der Waals surface area contributed by atoms with Crippen molar-refractivity contribution in [3.05, 3.63) is 28.0 Å². The molecule has 0 aliphatic heterocycles. The van der Waals surface area contributed by atoms with Crippen molar-refractivity contribution >= 4 is 31.6 Å². The highest BCUT2D eigenvalue weighted by atomic mass is 79.9. The lowest BCUT2D eigenvalue weighted by Crippen LogP contribution is -2.34. The lowest BCUT2D eigenvalue weighted by Gasteiger charge is -2.23. The van der Waals surface area contributed by atoms with Crippen LogP contribution >= 0.6 is 15.9 Å². The summed E-state index contributed by atoms with van der Waals surface area (Å²) in [6.07, 6.45) is -4.89. The smallest absolute Gasteiger partial charge is 0.280 e. The molecule has 0 aliphatic rings. The van der Waals surface area contributed by atoms with E-state index in [-0.39, 0.29) is 4.47 Å². The zero-order valence-electron chi connectivity index (χ0n) is 10.8. The number of halogens is 5. The Morgan fingerprint density at radius 3 is 2.05 bits per heavy atom. The fourth-order valence-electron chi connectivity index (χ4n) is 1.19. The summed E-state index contributed by atoms with van der Waals surface area (Å²) < 4.78 is 76.2. The van der Waals surface area contributed by atoms with Gasteiger partial charge in [-0.25, -0.2) is 12.8 Å². The summed E-state index contributed by atoms with van der Waals surface area (Å²) in [7, 11) is -4.17. The molecule has 0 spiro atoms. The first kappa shape index (κ1) is 17.2. The number of hydrogen-bond donors (Lipinski definition) is 1. The molecule has 20 heavy (non-hydrogen) atoms. The van der Waals surface area contributed by atoms with Gasteiger partial charge in [0.2, 0.25) is 10.0 Å². The van der Waals surface area contributed by atoms with Crippen LogP contribution in [0.1, 0.15) is 26.3 Å². The van der Waals surface area contributed by atoms with Crippen molar-refractivity contribution in [1.82, 2.24) is 0 Å². The van der Waals surface area contributed by atoms with Crippen molar-refractivity contribution in [1.29, 1.82) is 0 Å². The molecule has 0 heterocycles. The second-order valence-corrected chi connectivity index (χ2v) is 8.38. The van der Waals surface area contributed by atoms with Crippen LogP contribution in [-0.4, -0.2) is 13.2 Å². The number of nitrogens with one attached hydrogen (secondary N) is 1. The van der Waals surface area contributed by atoms with Gasteiger partial charge >= 0.3 is 6.18 Å². The Morgan fingerprint density at radius 2 is 1.65 bits per heavy atom. The highest BCUT2D eigenvalue weighted by Gasteiger charge is 2.38. The molecule has 0 bridgehead atoms. The van der Waals surface area contributed by atoms with Gasteiger partial charge < -0.3 is 0 Å². The Labute approximate surface area is 122 Å². The third-order valence-corrected chi connectivity index (χ3v) is 4.95. The molecule has 0 saturated carbocycles. The van der Waals surface area contributed by atoms with Gasteiger partial charge in [0, 0.05) is 4.47 Å². The zero-order chi connectivity index (χ0) is 15.9. The molecule has 0 radical (unpaired) electrons. The summed E-state index contributed by atoms with van der Waals surface area (Å²) in [5.74, 6) is -1.31. The number of benzene rings is 1. The van der Waals surface area contributed by atoms with Crippen LogP contribution in [0, 0.1) is 5.82 Å². The fourth-order valence-corrected chi connectivity index (χ4v) is 2.40. The van der Waals surface area contributed by atoms with Crippen LogP contribution in [-0.2, 0) is 16.2 Å². The molecule has 0 atom stereocenters. The van der Waals surface area contributed by atoms with Gasteiger partial charge in [-0.1, -0.05) is 15.9 Å². The van der Waals surface area contributed by atoms with Crippen molar-refractivity contribution in [3.63, 3.8) is 0 Å². The minimum absolute atomic E-state index is 0.138. The second-order valence-electron chi connectivity index (χ2n) is 5.03. The minimum atomic E-state index is -4.89. The Kier molecular flexibility index (Phi) is 4.46. The average Bonchev–Trinajstić information content (AvgIpc) is 2.18. The Morgan fingerprint density at radius 1 is 1.15 bits per heavy atom. The van der Waals surface area contributed by atoms with Gasteiger partial charge in [0.1, 0.15) is 5.82 Å². The van der Waals surface area contributed by atoms with Crippen LogP contribution in [0.5, 0.6) is 0 Å². The van der Waals surface area contributed by atoms with Crippen molar-refractivity contribution in [2.45, 2.75) is 31.7 Å². The highest BCUT2D eigenvalue weighted by Crippen LogP contribution is 2.39. The van der Waals surface area contributed by atoms with E-state index in [1.165, 1.54) is 20.8 Å². The number of anilines is 1. The lowest BCUT2D eigenvalue weighted by atomic mass is 10.1. The Balaban J connectivity index is 3.47. The summed E-state index contributed by atoms with van der Waals surface area (Å²) in [6, 6.07) is 1.37. The fraction of sp³-hybridized carbons (Fsp3) is 0.455. The van der Waals surface area contributed by atoms with E-state index in [2.05, 4.69) is 15.9 Å². The number of alkyl halides is 3. The van der Waals surface area contributed by atoms with E-state index in [1.54, 1.807) is 4.72 Å². The standard InChI is InChI=1S/C11H12BrF4NO2S/c1-10(2,3)20(18,19)17-9-7(11(14,15)16)4-6(12)5-8(9)13/h4-5,17H,1-3H3. The topological polar surface area (TPSA) is 46.2 Å². The van der Waals surface area contributed by atoms with Gasteiger partial charge in [0.05, 0.1) is 16.0 Å². The van der Waals surface area contributed by atoms with Gasteiger partial charge in [0.15, 0.2) is 0 Å². The van der Waals surface area contributed by atoms with E-state index in [9.17, 15) is 26.0 Å². The van der Waals surface area contributed by atoms with Gasteiger partial charge in [-0.05, 0) is 32.9 Å². The quantitative estimate of drug-likeness (QED) is 0.787. The van der Waals surface area contributed by atoms with Crippen LogP contribution in [0.25, 0.3) is 0 Å². The van der Waals surface area contributed by atoms with Gasteiger partial charge in [-0.3, -0.25) is 4.72 Å². The molecule has 1 rings (SSSR count). The molecule has 1 N–H and O–H groups in total. The third kappa shape index (κ3) is 3.63. The molecule has 0 unspecified atom stereocenters. The Hall–Kier alpha value is -0.830. The molecule has 1 aromatic rings. The SMILES string of the molecule is CC(C)(C)S(=O)(=O)Nc1c(F)cc(Br)cc1C(F)(F)F. The first-order chi connectivity index (χ1) is 8.75. The summed E-state index contributed by atoms with van der Waals surface area (Å²) in [5.41, 5.74) is -2.49. The maximum Gasteiger partial charge on any atom is 0.418 e. The summed E-state index contributed by atoms with van der Waals surface area (Å²) in [6.45, 7) is 3.87. The molecular weight excluding hydrogens is 366 g/mol. The lowest BCUT2D eigenvalue weighted by molar-refractivity contribution is -0.137. The highest BCUT2D eigenvalue weighted by molar-refractivity contribution is 9.10. The van der Waals surface area contributed by atoms with E-state index >= 15 is 0 Å². The van der Waals surface area contributed by atoms with E-state index in [4.69, 9.17) is 0 Å². The maximum atomic E-state index is 13.7. The summed E-state index contributed by atoms with van der Waals surface area (Å²) in [4.78, 5) is 0. The van der Waals surface area contributed by atoms with Crippen LogP contribution in [0.4, 0.5) is 23.2 Å². The molecule has 0 fully saturated rings. The first-order valence-electron chi connectivity index (χ1n) is 5.34. The normalized spacial score (nSPS) is 13.4. The predicted molar refractivity (Wildman–Crippen MR) is 71.4 cm³/mol. The molecule has 0 amide bonds. The first-order valence-corrected chi connectivity index (χ1v) is 7.62. The molecule has 9 heteroatoms. The monoisotopic (exact) mass is 377 g/mol. The van der Waals surface area contributed by atoms with E-state index in [1.807, 2.05) is 0 Å². The molecule has 0 aromatic heterocycles. The third-order valence-electron chi connectivity index (χ3n) is 2.40. The molecule has 0 saturated heterocycles. The van der Waals surface area contributed by atoms with Gasteiger partial charge in [0.25, 0.3) is 0 Å². The van der Waals surface area contributed by atoms with E-state index in [0.717, 1.165) is 6.07 Å². The molecule has 114 valence electrons. The van der Waals surface area contributed by atoms with Crippen molar-refractivity contribution in [3.8, 4) is 0 Å². The summed E-state index contributed by atoms with van der Waals surface area (Å²) >= 11 is 2.74. The predicted octanol–water partition coefficient (Wildman–Crippen LogP) is 4.15. The minimum Gasteiger partial charge on any atom is -0.280 e. The van der Waals surface area contributed by atoms with E-state index in [0.29, 0.717) is 6.07 Å². The average molecular weight is 378 g/mol. The molecule has 3 nitrogen and oxygen atoms in total. The van der Waals surface area contributed by atoms with Crippen LogP contribution in [0.3, 0.4) is 0 Å². The van der Waals surface area contributed by atoms with E-state index < -0.39 is 38.0 Å². The summed E-state index contributed by atoms with van der Waals surface area (Å²) in [5, 5.41) is 0. The Bertz CT molecular complexity index is 621. The number of hydrogen-bond acceptors (Lipinski definition) is 2. The zero-order valence-corrected chi connectivity index (χ0v) is 13.2. The molecule has 0 aliphatic carbocycles. The van der Waals surface area contributed by atoms with Crippen LogP contribution in [0.15, 0.2) is 16.6 Å². The van der Waals surface area contributed by atoms with Crippen molar-refractivity contribution in [2.75, 3.05) is 4.72 Å². The maximum absolute atomic E-state index is 13.7. The number of sulfonamides is 1. The van der Waals surface area contributed by atoms with Crippen molar-refractivity contribution in [2.24, 2.45) is 0 Å². The van der Waals surface area contributed by atoms with Gasteiger partial charge in [-0.15, -0.1) is 0 Å². The number of rotatable bonds is 2. The van der Waals surface area contributed by atoms with Crippen LogP contribution < -0.4 is 4.72 Å². The van der Waals surface area contributed by atoms with Gasteiger partial charge in [-0.2, -0.15) is 13.2 Å². The second kappa shape index (κ2) is 5.18. The molecule has 1 aromatic carbocycles. The largest absolute Gasteiger partial charge is 0.418 e.